The van der Waals surface area contributed by atoms with E-state index < -0.39 is 11.9 Å². The highest BCUT2D eigenvalue weighted by atomic mass is 16.4. The van der Waals surface area contributed by atoms with E-state index >= 15 is 0 Å². The highest BCUT2D eigenvalue weighted by Gasteiger charge is 2.19. The summed E-state index contributed by atoms with van der Waals surface area (Å²) in [5, 5.41) is 17.1. The molecule has 6 nitrogen and oxygen atoms in total. The number of carboxylic acids is 1. The minimum Gasteiger partial charge on any atom is -0.481 e. The van der Waals surface area contributed by atoms with Crippen molar-refractivity contribution in [3.8, 4) is 6.07 Å². The molecule has 0 bridgehead atoms. The molecule has 1 N–H and O–H groups in total. The number of carboxylic acid groups (broad SMARTS) is 1. The maximum atomic E-state index is 11.7. The van der Waals surface area contributed by atoms with Crippen molar-refractivity contribution >= 4 is 12.0 Å². The van der Waals surface area contributed by atoms with Gasteiger partial charge < -0.3 is 14.9 Å². The predicted molar refractivity (Wildman–Crippen MR) is 57.7 cm³/mol. The van der Waals surface area contributed by atoms with Gasteiger partial charge in [0.2, 0.25) is 0 Å². The minimum atomic E-state index is -0.931. The first-order valence-corrected chi connectivity index (χ1v) is 4.96. The monoisotopic (exact) mass is 227 g/mol. The number of urea groups is 1. The number of carbonyl (C=O) groups excluding carboxylic acids is 1. The lowest BCUT2D eigenvalue weighted by Gasteiger charge is -2.25. The molecule has 0 aliphatic heterocycles. The Hall–Kier alpha value is -1.77. The van der Waals surface area contributed by atoms with Crippen LogP contribution in [0.2, 0.25) is 0 Å². The number of hydrogen-bond donors (Lipinski definition) is 1. The van der Waals surface area contributed by atoms with E-state index in [0.717, 1.165) is 0 Å². The molecule has 0 aromatic rings. The Balaban J connectivity index is 4.18. The predicted octanol–water partition coefficient (Wildman–Crippen LogP) is 0.604. The summed E-state index contributed by atoms with van der Waals surface area (Å²) in [5.41, 5.74) is 0. The normalized spacial score (nSPS) is 11.4. The van der Waals surface area contributed by atoms with Crippen molar-refractivity contribution in [1.82, 2.24) is 9.80 Å². The topological polar surface area (TPSA) is 84.6 Å². The maximum Gasteiger partial charge on any atom is 0.319 e. The molecule has 1 atom stereocenters. The molecule has 0 heterocycles. The summed E-state index contributed by atoms with van der Waals surface area (Å²) in [6, 6.07) is 1.67. The molecule has 1 unspecified atom stereocenters. The van der Waals surface area contributed by atoms with Crippen molar-refractivity contribution in [3.63, 3.8) is 0 Å². The fourth-order valence-electron chi connectivity index (χ4n) is 1.17. The van der Waals surface area contributed by atoms with Crippen molar-refractivity contribution < 1.29 is 14.7 Å². The van der Waals surface area contributed by atoms with Gasteiger partial charge in [0.25, 0.3) is 0 Å². The average Bonchev–Trinajstić information content (AvgIpc) is 2.24. The molecule has 90 valence electrons. The third-order valence-electron chi connectivity index (χ3n) is 2.18. The van der Waals surface area contributed by atoms with E-state index in [4.69, 9.17) is 10.4 Å². The van der Waals surface area contributed by atoms with E-state index in [0.29, 0.717) is 6.54 Å². The third kappa shape index (κ3) is 4.64. The lowest BCUT2D eigenvalue weighted by atomic mass is 10.2. The number of hydrogen-bond acceptors (Lipinski definition) is 3. The van der Waals surface area contributed by atoms with Gasteiger partial charge in [-0.3, -0.25) is 4.79 Å². The van der Waals surface area contributed by atoms with E-state index in [1.807, 2.05) is 6.07 Å². The molecule has 6 heteroatoms. The second-order valence-corrected chi connectivity index (χ2v) is 3.73. The second-order valence-electron chi connectivity index (χ2n) is 3.73. The van der Waals surface area contributed by atoms with Crippen LogP contribution in [0.25, 0.3) is 0 Å². The molecular formula is C10H17N3O3. The molecule has 0 aliphatic rings. The molecule has 0 aromatic heterocycles. The van der Waals surface area contributed by atoms with Gasteiger partial charge in [0.15, 0.2) is 0 Å². The van der Waals surface area contributed by atoms with Crippen LogP contribution in [-0.4, -0.2) is 54.1 Å². The van der Waals surface area contributed by atoms with Crippen LogP contribution in [0.4, 0.5) is 4.79 Å². The largest absolute Gasteiger partial charge is 0.481 e. The first-order chi connectivity index (χ1) is 7.40. The third-order valence-corrected chi connectivity index (χ3v) is 2.18. The highest BCUT2D eigenvalue weighted by Crippen LogP contribution is 2.01. The van der Waals surface area contributed by atoms with Crippen molar-refractivity contribution in [2.24, 2.45) is 5.92 Å². The van der Waals surface area contributed by atoms with Gasteiger partial charge >= 0.3 is 12.0 Å². The molecule has 0 radical (unpaired) electrons. The van der Waals surface area contributed by atoms with Gasteiger partial charge in [0, 0.05) is 27.2 Å². The second kappa shape index (κ2) is 6.67. The SMILES string of the molecule is CC(CN(C)C(=O)N(C)CCC#N)C(=O)O. The Bertz CT molecular complexity index is 298. The molecule has 0 saturated heterocycles. The van der Waals surface area contributed by atoms with Gasteiger partial charge in [-0.1, -0.05) is 6.92 Å². The van der Waals surface area contributed by atoms with Crippen LogP contribution in [0, 0.1) is 17.2 Å². The van der Waals surface area contributed by atoms with Gasteiger partial charge in [-0.25, -0.2) is 4.79 Å². The summed E-state index contributed by atoms with van der Waals surface area (Å²) < 4.78 is 0. The molecule has 0 aromatic carbocycles. The van der Waals surface area contributed by atoms with E-state index in [2.05, 4.69) is 0 Å². The van der Waals surface area contributed by atoms with Gasteiger partial charge in [0.05, 0.1) is 18.4 Å². The van der Waals surface area contributed by atoms with Crippen LogP contribution in [0.5, 0.6) is 0 Å². The summed E-state index contributed by atoms with van der Waals surface area (Å²) >= 11 is 0. The number of nitrogens with zero attached hydrogens (tertiary/aromatic N) is 3. The molecule has 0 aliphatic carbocycles. The Morgan fingerprint density at radius 2 is 1.94 bits per heavy atom. The number of aliphatic carboxylic acids is 1. The van der Waals surface area contributed by atoms with Crippen LogP contribution >= 0.6 is 0 Å². The Labute approximate surface area is 95.1 Å². The van der Waals surface area contributed by atoms with E-state index in [1.54, 1.807) is 21.0 Å². The Morgan fingerprint density at radius 3 is 2.38 bits per heavy atom. The quantitative estimate of drug-likeness (QED) is 0.745. The van der Waals surface area contributed by atoms with E-state index in [-0.39, 0.29) is 19.0 Å². The number of rotatable bonds is 5. The zero-order valence-corrected chi connectivity index (χ0v) is 9.80. The lowest BCUT2D eigenvalue weighted by molar-refractivity contribution is -0.141. The van der Waals surface area contributed by atoms with Crippen molar-refractivity contribution in [2.75, 3.05) is 27.2 Å². The summed E-state index contributed by atoms with van der Waals surface area (Å²) in [5.74, 6) is -1.53. The number of carbonyl (C=O) groups is 2. The summed E-state index contributed by atoms with van der Waals surface area (Å²) in [6.45, 7) is 2.05. The summed E-state index contributed by atoms with van der Waals surface area (Å²) in [7, 11) is 3.13. The van der Waals surface area contributed by atoms with E-state index in [9.17, 15) is 9.59 Å². The lowest BCUT2D eigenvalue weighted by Crippen LogP contribution is -2.42. The summed E-state index contributed by atoms with van der Waals surface area (Å²) in [6.07, 6.45) is 0.268. The number of amides is 2. The van der Waals surface area contributed by atoms with Crippen molar-refractivity contribution in [1.29, 1.82) is 5.26 Å². The fourth-order valence-corrected chi connectivity index (χ4v) is 1.17. The molecule has 2 amide bonds. The zero-order chi connectivity index (χ0) is 12.7. The molecule has 0 saturated carbocycles. The molecule has 0 spiro atoms. The van der Waals surface area contributed by atoms with E-state index in [1.165, 1.54) is 9.80 Å². The van der Waals surface area contributed by atoms with Crippen LogP contribution in [0.1, 0.15) is 13.3 Å². The fraction of sp³-hybridized carbons (Fsp3) is 0.700. The van der Waals surface area contributed by atoms with Crippen LogP contribution in [0.3, 0.4) is 0 Å². The van der Waals surface area contributed by atoms with Crippen LogP contribution in [0.15, 0.2) is 0 Å². The molecular weight excluding hydrogens is 210 g/mol. The first kappa shape index (κ1) is 14.2. The van der Waals surface area contributed by atoms with Gasteiger partial charge in [-0.15, -0.1) is 0 Å². The number of nitriles is 1. The maximum absolute atomic E-state index is 11.7. The van der Waals surface area contributed by atoms with Gasteiger partial charge in [-0.2, -0.15) is 5.26 Å². The zero-order valence-electron chi connectivity index (χ0n) is 9.80. The molecule has 0 rings (SSSR count). The molecule has 16 heavy (non-hydrogen) atoms. The first-order valence-electron chi connectivity index (χ1n) is 4.96. The standard InChI is InChI=1S/C10H17N3O3/c1-8(9(14)15)7-13(3)10(16)12(2)6-4-5-11/h8H,4,6-7H2,1-3H3,(H,14,15). The molecule has 0 fully saturated rings. The van der Waals surface area contributed by atoms with Crippen molar-refractivity contribution in [3.05, 3.63) is 0 Å². The van der Waals surface area contributed by atoms with Crippen LogP contribution < -0.4 is 0 Å². The Morgan fingerprint density at radius 1 is 1.38 bits per heavy atom. The van der Waals surface area contributed by atoms with Crippen molar-refractivity contribution in [2.45, 2.75) is 13.3 Å². The Kier molecular flexibility index (Phi) is 5.93. The van der Waals surface area contributed by atoms with Gasteiger partial charge in [0.1, 0.15) is 0 Å². The minimum absolute atomic E-state index is 0.158. The van der Waals surface area contributed by atoms with Crippen LogP contribution in [-0.2, 0) is 4.79 Å². The summed E-state index contributed by atoms with van der Waals surface area (Å²) in [4.78, 5) is 25.0. The van der Waals surface area contributed by atoms with Gasteiger partial charge in [-0.05, 0) is 0 Å². The average molecular weight is 227 g/mol. The highest BCUT2D eigenvalue weighted by molar-refractivity contribution is 5.75. The smallest absolute Gasteiger partial charge is 0.319 e.